The molecule has 2 nitrogen and oxygen atoms in total. The van der Waals surface area contributed by atoms with E-state index < -0.39 is 0 Å². The van der Waals surface area contributed by atoms with E-state index >= 15 is 0 Å². The van der Waals surface area contributed by atoms with Crippen LogP contribution in [0.15, 0.2) is 30.3 Å². The highest BCUT2D eigenvalue weighted by molar-refractivity contribution is 6.32. The fraction of sp³-hybridized carbons (Fsp3) is 0.143. The molecule has 0 bridgehead atoms. The van der Waals surface area contributed by atoms with Crippen LogP contribution in [0.5, 0.6) is 0 Å². The van der Waals surface area contributed by atoms with E-state index in [0.29, 0.717) is 5.02 Å². The van der Waals surface area contributed by atoms with Crippen molar-refractivity contribution in [1.29, 1.82) is 0 Å². The lowest BCUT2D eigenvalue weighted by Crippen LogP contribution is -1.90. The zero-order chi connectivity index (χ0) is 12.0. The van der Waals surface area contributed by atoms with Crippen LogP contribution in [0.1, 0.15) is 11.4 Å². The topological polar surface area (TPSA) is 25.8 Å². The van der Waals surface area contributed by atoms with Gasteiger partial charge in [0.1, 0.15) is 0 Å². The van der Waals surface area contributed by atoms with Crippen LogP contribution in [-0.4, -0.2) is 9.97 Å². The molecule has 2 aromatic heterocycles. The van der Waals surface area contributed by atoms with E-state index in [1.54, 1.807) is 0 Å². The Balaban J connectivity index is 2.53. The van der Waals surface area contributed by atoms with Crippen molar-refractivity contribution in [3.05, 3.63) is 46.7 Å². The van der Waals surface area contributed by atoms with Gasteiger partial charge in [0.25, 0.3) is 0 Å². The first-order valence-electron chi connectivity index (χ1n) is 5.48. The Morgan fingerprint density at radius 2 is 1.53 bits per heavy atom. The van der Waals surface area contributed by atoms with E-state index in [4.69, 9.17) is 11.6 Å². The number of pyridine rings is 2. The van der Waals surface area contributed by atoms with Crippen LogP contribution >= 0.6 is 11.6 Å². The lowest BCUT2D eigenvalue weighted by molar-refractivity contribution is 1.23. The molecule has 0 radical (unpaired) electrons. The van der Waals surface area contributed by atoms with Crippen molar-refractivity contribution >= 4 is 33.4 Å². The van der Waals surface area contributed by atoms with Gasteiger partial charge >= 0.3 is 0 Å². The number of halogens is 1. The van der Waals surface area contributed by atoms with Gasteiger partial charge in [0.15, 0.2) is 0 Å². The first kappa shape index (κ1) is 10.5. The third-order valence-electron chi connectivity index (χ3n) is 2.91. The minimum atomic E-state index is 0.699. The molecule has 0 amide bonds. The summed E-state index contributed by atoms with van der Waals surface area (Å²) in [6, 6.07) is 10.1. The summed E-state index contributed by atoms with van der Waals surface area (Å²) in [5.41, 5.74) is 3.71. The number of aryl methyl sites for hydroxylation is 2. The van der Waals surface area contributed by atoms with Crippen LogP contribution in [0.2, 0.25) is 5.02 Å². The summed E-state index contributed by atoms with van der Waals surface area (Å²) in [6.45, 7) is 3.90. The fourth-order valence-electron chi connectivity index (χ4n) is 1.98. The predicted molar refractivity (Wildman–Crippen MR) is 71.5 cm³/mol. The summed E-state index contributed by atoms with van der Waals surface area (Å²) in [5, 5.41) is 2.84. The van der Waals surface area contributed by atoms with Gasteiger partial charge in [-0.2, -0.15) is 0 Å². The van der Waals surface area contributed by atoms with Crippen molar-refractivity contribution in [3.8, 4) is 0 Å². The summed E-state index contributed by atoms with van der Waals surface area (Å²) in [6.07, 6.45) is 0. The van der Waals surface area contributed by atoms with Crippen LogP contribution in [-0.2, 0) is 0 Å². The van der Waals surface area contributed by atoms with Crippen LogP contribution in [0.3, 0.4) is 0 Å². The molecule has 0 aliphatic carbocycles. The van der Waals surface area contributed by atoms with Crippen molar-refractivity contribution in [2.45, 2.75) is 13.8 Å². The molecule has 3 heteroatoms. The highest BCUT2D eigenvalue weighted by Crippen LogP contribution is 2.26. The standard InChI is InChI=1S/C14H11ClN2/c1-8-3-4-10-5-6-11-7-12(15)9(2)17-14(11)13(10)16-8/h3-7H,1-2H3. The first-order valence-corrected chi connectivity index (χ1v) is 5.86. The van der Waals surface area contributed by atoms with Gasteiger partial charge in [-0.1, -0.05) is 29.8 Å². The lowest BCUT2D eigenvalue weighted by atomic mass is 10.1. The average molecular weight is 243 g/mol. The van der Waals surface area contributed by atoms with Crippen molar-refractivity contribution < 1.29 is 0 Å². The second kappa shape index (κ2) is 3.67. The molecule has 0 saturated heterocycles. The normalized spacial score (nSPS) is 11.2. The second-order valence-electron chi connectivity index (χ2n) is 4.22. The van der Waals surface area contributed by atoms with E-state index in [1.807, 2.05) is 32.0 Å². The number of fused-ring (bicyclic) bond motifs is 3. The molecule has 84 valence electrons. The number of rotatable bonds is 0. The zero-order valence-corrected chi connectivity index (χ0v) is 10.4. The quantitative estimate of drug-likeness (QED) is 0.556. The highest BCUT2D eigenvalue weighted by Gasteiger charge is 2.06. The van der Waals surface area contributed by atoms with Gasteiger partial charge < -0.3 is 0 Å². The molecular formula is C14H11ClN2. The number of benzene rings is 1. The molecule has 0 aliphatic rings. The summed E-state index contributed by atoms with van der Waals surface area (Å²) < 4.78 is 0. The Labute approximate surface area is 104 Å². The Bertz CT molecular complexity index is 735. The molecule has 0 spiro atoms. The Morgan fingerprint density at radius 1 is 0.882 bits per heavy atom. The number of hydrogen-bond donors (Lipinski definition) is 0. The van der Waals surface area contributed by atoms with Gasteiger partial charge in [0.2, 0.25) is 0 Å². The minimum absolute atomic E-state index is 0.699. The van der Waals surface area contributed by atoms with Crippen molar-refractivity contribution in [2.75, 3.05) is 0 Å². The Hall–Kier alpha value is -1.67. The van der Waals surface area contributed by atoms with Gasteiger partial charge in [0, 0.05) is 16.5 Å². The van der Waals surface area contributed by atoms with Crippen LogP contribution in [0, 0.1) is 13.8 Å². The largest absolute Gasteiger partial charge is 0.251 e. The van der Waals surface area contributed by atoms with Crippen molar-refractivity contribution in [2.24, 2.45) is 0 Å². The number of aromatic nitrogens is 2. The average Bonchev–Trinajstić information content (AvgIpc) is 2.31. The smallest absolute Gasteiger partial charge is 0.0969 e. The molecule has 0 unspecified atom stereocenters. The van der Waals surface area contributed by atoms with Crippen LogP contribution in [0.25, 0.3) is 21.8 Å². The first-order chi connectivity index (χ1) is 8.15. The summed E-state index contributed by atoms with van der Waals surface area (Å²) >= 11 is 6.09. The van der Waals surface area contributed by atoms with Crippen LogP contribution < -0.4 is 0 Å². The highest BCUT2D eigenvalue weighted by atomic mass is 35.5. The molecule has 0 N–H and O–H groups in total. The van der Waals surface area contributed by atoms with Gasteiger partial charge in [-0.25, -0.2) is 4.98 Å². The van der Waals surface area contributed by atoms with Crippen molar-refractivity contribution in [3.63, 3.8) is 0 Å². The monoisotopic (exact) mass is 242 g/mol. The van der Waals surface area contributed by atoms with Gasteiger partial charge in [-0.3, -0.25) is 4.98 Å². The molecule has 0 aliphatic heterocycles. The van der Waals surface area contributed by atoms with Crippen LogP contribution in [0.4, 0.5) is 0 Å². The predicted octanol–water partition coefficient (Wildman–Crippen LogP) is 4.05. The molecule has 2 heterocycles. The maximum Gasteiger partial charge on any atom is 0.0969 e. The summed E-state index contributed by atoms with van der Waals surface area (Å²) in [7, 11) is 0. The number of hydrogen-bond acceptors (Lipinski definition) is 2. The summed E-state index contributed by atoms with van der Waals surface area (Å²) in [5.74, 6) is 0. The SMILES string of the molecule is Cc1ccc2ccc3cc(Cl)c(C)nc3c2n1. The maximum absolute atomic E-state index is 6.09. The fourth-order valence-corrected chi connectivity index (χ4v) is 2.14. The number of nitrogens with zero attached hydrogens (tertiary/aromatic N) is 2. The van der Waals surface area contributed by atoms with E-state index in [-0.39, 0.29) is 0 Å². The molecule has 0 atom stereocenters. The Morgan fingerprint density at radius 3 is 2.35 bits per heavy atom. The molecule has 0 fully saturated rings. The maximum atomic E-state index is 6.09. The Kier molecular flexibility index (Phi) is 2.26. The minimum Gasteiger partial charge on any atom is -0.251 e. The third kappa shape index (κ3) is 1.65. The van der Waals surface area contributed by atoms with Gasteiger partial charge in [-0.15, -0.1) is 0 Å². The molecular weight excluding hydrogens is 232 g/mol. The molecule has 3 aromatic rings. The van der Waals surface area contributed by atoms with Gasteiger partial charge in [-0.05, 0) is 26.0 Å². The van der Waals surface area contributed by atoms with Gasteiger partial charge in [0.05, 0.1) is 21.7 Å². The molecule has 0 saturated carbocycles. The molecule has 17 heavy (non-hydrogen) atoms. The van der Waals surface area contributed by atoms with E-state index in [9.17, 15) is 0 Å². The summed E-state index contributed by atoms with van der Waals surface area (Å²) in [4.78, 5) is 9.12. The van der Waals surface area contributed by atoms with E-state index in [1.165, 1.54) is 0 Å². The zero-order valence-electron chi connectivity index (χ0n) is 9.66. The third-order valence-corrected chi connectivity index (χ3v) is 3.30. The lowest BCUT2D eigenvalue weighted by Gasteiger charge is -2.05. The second-order valence-corrected chi connectivity index (χ2v) is 4.62. The molecule has 1 aromatic carbocycles. The van der Waals surface area contributed by atoms with E-state index in [2.05, 4.69) is 22.1 Å². The van der Waals surface area contributed by atoms with Crippen molar-refractivity contribution in [1.82, 2.24) is 9.97 Å². The van der Waals surface area contributed by atoms with E-state index in [0.717, 1.165) is 33.2 Å². The molecule has 3 rings (SSSR count).